The first-order valence-corrected chi connectivity index (χ1v) is 5.79. The van der Waals surface area contributed by atoms with Crippen molar-refractivity contribution in [3.8, 4) is 0 Å². The Labute approximate surface area is 97.3 Å². The van der Waals surface area contributed by atoms with Crippen LogP contribution in [0.15, 0.2) is 24.3 Å². The monoisotopic (exact) mass is 220 g/mol. The summed E-state index contributed by atoms with van der Waals surface area (Å²) in [5.41, 5.74) is 2.43. The van der Waals surface area contributed by atoms with E-state index in [2.05, 4.69) is 26.0 Å². The molecule has 1 rings (SSSR count). The van der Waals surface area contributed by atoms with Gasteiger partial charge in [-0.3, -0.25) is 4.79 Å². The number of benzene rings is 1. The van der Waals surface area contributed by atoms with Crippen molar-refractivity contribution in [1.82, 2.24) is 0 Å². The van der Waals surface area contributed by atoms with Gasteiger partial charge in [-0.1, -0.05) is 45.0 Å². The predicted molar refractivity (Wildman–Crippen MR) is 65.7 cm³/mol. The molecule has 88 valence electrons. The molecule has 0 aliphatic heterocycles. The second-order valence-electron chi connectivity index (χ2n) is 4.84. The van der Waals surface area contributed by atoms with Crippen LogP contribution in [0.3, 0.4) is 0 Å². The van der Waals surface area contributed by atoms with E-state index in [0.29, 0.717) is 5.92 Å². The molecule has 0 saturated heterocycles. The molecule has 0 unspecified atom stereocenters. The number of carboxylic acids is 1. The fraction of sp³-hybridized carbons (Fsp3) is 0.500. The summed E-state index contributed by atoms with van der Waals surface area (Å²) >= 11 is 0. The first kappa shape index (κ1) is 12.8. The summed E-state index contributed by atoms with van der Waals surface area (Å²) in [6.07, 6.45) is 1.27. The maximum atomic E-state index is 10.6. The minimum absolute atomic E-state index is 0.0885. The highest BCUT2D eigenvalue weighted by Gasteiger charge is 2.09. The highest BCUT2D eigenvalue weighted by molar-refractivity contribution is 5.67. The van der Waals surface area contributed by atoms with E-state index in [1.54, 1.807) is 0 Å². The van der Waals surface area contributed by atoms with Gasteiger partial charge in [0.1, 0.15) is 0 Å². The molecule has 1 atom stereocenters. The van der Waals surface area contributed by atoms with Gasteiger partial charge in [0, 0.05) is 0 Å². The van der Waals surface area contributed by atoms with Crippen molar-refractivity contribution in [3.63, 3.8) is 0 Å². The van der Waals surface area contributed by atoms with Crippen LogP contribution in [0.1, 0.15) is 44.2 Å². The lowest BCUT2D eigenvalue weighted by atomic mass is 9.95. The lowest BCUT2D eigenvalue weighted by Gasteiger charge is -2.10. The number of hydrogen-bond acceptors (Lipinski definition) is 1. The smallest absolute Gasteiger partial charge is 0.303 e. The van der Waals surface area contributed by atoms with E-state index in [4.69, 9.17) is 5.11 Å². The maximum absolute atomic E-state index is 10.6. The lowest BCUT2D eigenvalue weighted by molar-refractivity contribution is -0.137. The number of aliphatic carboxylic acids is 1. The molecule has 0 saturated carbocycles. The van der Waals surface area contributed by atoms with Crippen LogP contribution in [0.4, 0.5) is 0 Å². The Bertz CT molecular complexity index is 338. The van der Waals surface area contributed by atoms with Crippen LogP contribution in [0.25, 0.3) is 0 Å². The molecule has 0 aliphatic carbocycles. The largest absolute Gasteiger partial charge is 0.481 e. The van der Waals surface area contributed by atoms with E-state index in [1.165, 1.54) is 5.56 Å². The first-order chi connectivity index (χ1) is 7.49. The predicted octanol–water partition coefficient (Wildman–Crippen LogP) is 3.46. The van der Waals surface area contributed by atoms with Gasteiger partial charge >= 0.3 is 5.97 Å². The van der Waals surface area contributed by atoms with Gasteiger partial charge in [0.2, 0.25) is 0 Å². The molecule has 1 aromatic rings. The zero-order chi connectivity index (χ0) is 12.1. The average Bonchev–Trinajstić information content (AvgIpc) is 2.16. The molecule has 0 fully saturated rings. The van der Waals surface area contributed by atoms with Crippen molar-refractivity contribution in [3.05, 3.63) is 35.4 Å². The third kappa shape index (κ3) is 4.05. The lowest BCUT2D eigenvalue weighted by Crippen LogP contribution is -2.03. The van der Waals surface area contributed by atoms with Gasteiger partial charge in [0.05, 0.1) is 6.42 Å². The summed E-state index contributed by atoms with van der Waals surface area (Å²) < 4.78 is 0. The van der Waals surface area contributed by atoms with Gasteiger partial charge in [0.15, 0.2) is 0 Å². The zero-order valence-corrected chi connectivity index (χ0v) is 10.2. The molecule has 2 nitrogen and oxygen atoms in total. The fourth-order valence-corrected chi connectivity index (χ4v) is 1.83. The molecule has 1 aromatic carbocycles. The molecule has 0 spiro atoms. The molecular weight excluding hydrogens is 200 g/mol. The van der Waals surface area contributed by atoms with Crippen LogP contribution in [0.2, 0.25) is 0 Å². The molecule has 2 heteroatoms. The molecule has 0 amide bonds. The Morgan fingerprint density at radius 1 is 1.19 bits per heavy atom. The SMILES string of the molecule is CC(C)Cc1ccc([C@H](C)CC(=O)O)cc1. The van der Waals surface area contributed by atoms with E-state index < -0.39 is 5.97 Å². The Morgan fingerprint density at radius 2 is 1.75 bits per heavy atom. The summed E-state index contributed by atoms with van der Waals surface area (Å²) in [4.78, 5) is 10.6. The van der Waals surface area contributed by atoms with Crippen molar-refractivity contribution >= 4 is 5.97 Å². The molecule has 0 bridgehead atoms. The first-order valence-electron chi connectivity index (χ1n) is 5.79. The van der Waals surface area contributed by atoms with Crippen LogP contribution >= 0.6 is 0 Å². The van der Waals surface area contributed by atoms with E-state index in [1.807, 2.05) is 19.1 Å². The number of carboxylic acid groups (broad SMARTS) is 1. The van der Waals surface area contributed by atoms with Gasteiger partial charge in [-0.15, -0.1) is 0 Å². The highest BCUT2D eigenvalue weighted by atomic mass is 16.4. The zero-order valence-electron chi connectivity index (χ0n) is 10.2. The second kappa shape index (κ2) is 5.69. The topological polar surface area (TPSA) is 37.3 Å². The third-order valence-corrected chi connectivity index (χ3v) is 2.67. The van der Waals surface area contributed by atoms with Gasteiger partial charge in [0.25, 0.3) is 0 Å². The van der Waals surface area contributed by atoms with E-state index in [9.17, 15) is 4.79 Å². The van der Waals surface area contributed by atoms with Crippen molar-refractivity contribution in [2.45, 2.75) is 39.5 Å². The number of hydrogen-bond donors (Lipinski definition) is 1. The second-order valence-corrected chi connectivity index (χ2v) is 4.84. The van der Waals surface area contributed by atoms with Gasteiger partial charge in [-0.2, -0.15) is 0 Å². The summed E-state index contributed by atoms with van der Waals surface area (Å²) in [5.74, 6) is 0.00616. The highest BCUT2D eigenvalue weighted by Crippen LogP contribution is 2.20. The van der Waals surface area contributed by atoms with Crippen molar-refractivity contribution < 1.29 is 9.90 Å². The summed E-state index contributed by atoms with van der Waals surface area (Å²) in [7, 11) is 0. The Kier molecular flexibility index (Phi) is 4.53. The molecule has 1 N–H and O–H groups in total. The summed E-state index contributed by atoms with van der Waals surface area (Å²) in [5, 5.41) is 8.72. The Balaban J connectivity index is 2.66. The fourth-order valence-electron chi connectivity index (χ4n) is 1.83. The van der Waals surface area contributed by atoms with Crippen molar-refractivity contribution in [2.75, 3.05) is 0 Å². The summed E-state index contributed by atoms with van der Waals surface area (Å²) in [6, 6.07) is 8.30. The van der Waals surface area contributed by atoms with E-state index in [0.717, 1.165) is 12.0 Å². The van der Waals surface area contributed by atoms with Crippen molar-refractivity contribution in [2.24, 2.45) is 5.92 Å². The minimum Gasteiger partial charge on any atom is -0.481 e. The number of rotatable bonds is 5. The quantitative estimate of drug-likeness (QED) is 0.825. The van der Waals surface area contributed by atoms with Crippen molar-refractivity contribution in [1.29, 1.82) is 0 Å². The van der Waals surface area contributed by atoms with Gasteiger partial charge in [-0.05, 0) is 29.4 Å². The van der Waals surface area contributed by atoms with Crippen LogP contribution < -0.4 is 0 Å². The Morgan fingerprint density at radius 3 is 2.19 bits per heavy atom. The third-order valence-electron chi connectivity index (χ3n) is 2.67. The van der Waals surface area contributed by atoms with Gasteiger partial charge in [-0.25, -0.2) is 0 Å². The molecule has 16 heavy (non-hydrogen) atoms. The molecule has 0 heterocycles. The van der Waals surface area contributed by atoms with Crippen LogP contribution in [0, 0.1) is 5.92 Å². The van der Waals surface area contributed by atoms with E-state index in [-0.39, 0.29) is 12.3 Å². The minimum atomic E-state index is -0.737. The van der Waals surface area contributed by atoms with Gasteiger partial charge < -0.3 is 5.11 Å². The number of carbonyl (C=O) groups is 1. The molecule has 0 aromatic heterocycles. The molecular formula is C14H20O2. The normalized spacial score (nSPS) is 12.8. The Hall–Kier alpha value is -1.31. The molecule has 0 radical (unpaired) electrons. The van der Waals surface area contributed by atoms with E-state index >= 15 is 0 Å². The van der Waals surface area contributed by atoms with Crippen LogP contribution in [-0.4, -0.2) is 11.1 Å². The summed E-state index contributed by atoms with van der Waals surface area (Å²) in [6.45, 7) is 6.34. The average molecular weight is 220 g/mol. The standard InChI is InChI=1S/C14H20O2/c1-10(2)8-12-4-6-13(7-5-12)11(3)9-14(15)16/h4-7,10-11H,8-9H2,1-3H3,(H,15,16)/t11-/m1/s1. The molecule has 0 aliphatic rings. The van der Waals surface area contributed by atoms with Crippen LogP contribution in [0.5, 0.6) is 0 Å². The van der Waals surface area contributed by atoms with Crippen LogP contribution in [-0.2, 0) is 11.2 Å². The maximum Gasteiger partial charge on any atom is 0.303 e.